The van der Waals surface area contributed by atoms with Gasteiger partial charge in [-0.15, -0.1) is 0 Å². The van der Waals surface area contributed by atoms with Crippen molar-refractivity contribution >= 4 is 23.0 Å². The molecule has 0 saturated carbocycles. The van der Waals surface area contributed by atoms with Crippen molar-refractivity contribution in [2.75, 3.05) is 4.90 Å². The molecule has 0 aliphatic carbocycles. The third kappa shape index (κ3) is 3.95. The van der Waals surface area contributed by atoms with E-state index in [-0.39, 0.29) is 12.1 Å². The summed E-state index contributed by atoms with van der Waals surface area (Å²) in [5.41, 5.74) is 7.01. The topological polar surface area (TPSA) is 46.2 Å². The van der Waals surface area contributed by atoms with Gasteiger partial charge in [0.2, 0.25) is 0 Å². The van der Waals surface area contributed by atoms with Crippen molar-refractivity contribution in [1.29, 1.82) is 0 Å². The number of furan rings is 1. The van der Waals surface area contributed by atoms with Crippen molar-refractivity contribution in [3.05, 3.63) is 107 Å². The second kappa shape index (κ2) is 8.87. The van der Waals surface area contributed by atoms with Gasteiger partial charge in [0.1, 0.15) is 5.76 Å². The van der Waals surface area contributed by atoms with Crippen molar-refractivity contribution < 1.29 is 4.42 Å². The highest BCUT2D eigenvalue weighted by Crippen LogP contribution is 2.43. The molecular weight excluding hydrogens is 428 g/mol. The molecule has 5 rings (SSSR count). The van der Waals surface area contributed by atoms with Crippen molar-refractivity contribution in [1.82, 2.24) is 14.9 Å². The molecule has 0 radical (unpaired) electrons. The molecule has 0 spiro atoms. The summed E-state index contributed by atoms with van der Waals surface area (Å²) in [6.07, 6.45) is 4.58. The Morgan fingerprint density at radius 2 is 1.88 bits per heavy atom. The van der Waals surface area contributed by atoms with Crippen LogP contribution in [-0.4, -0.2) is 14.7 Å². The Morgan fingerprint density at radius 1 is 1.06 bits per heavy atom. The van der Waals surface area contributed by atoms with E-state index in [4.69, 9.17) is 16.6 Å². The van der Waals surface area contributed by atoms with E-state index in [1.807, 2.05) is 30.5 Å². The van der Waals surface area contributed by atoms with Gasteiger partial charge in [-0.25, -0.2) is 0 Å². The van der Waals surface area contributed by atoms with Crippen LogP contribution in [-0.2, 0) is 13.0 Å². The molecule has 1 aromatic carbocycles. The lowest BCUT2D eigenvalue weighted by Crippen LogP contribution is -2.29. The van der Waals surface area contributed by atoms with Gasteiger partial charge in [-0.3, -0.25) is 4.98 Å². The highest BCUT2D eigenvalue weighted by Gasteiger charge is 2.42. The molecule has 3 aromatic heterocycles. The summed E-state index contributed by atoms with van der Waals surface area (Å²) in [6, 6.07) is 20.9. The van der Waals surface area contributed by atoms with Crippen molar-refractivity contribution in [3.8, 4) is 0 Å². The molecule has 168 valence electrons. The van der Waals surface area contributed by atoms with Gasteiger partial charge in [0, 0.05) is 23.3 Å². The molecule has 0 bridgehead atoms. The normalized spacial score (nSPS) is 18.0. The van der Waals surface area contributed by atoms with Crippen LogP contribution in [0.25, 0.3) is 0 Å². The minimum Gasteiger partial charge on any atom is -0.467 e. The predicted octanol–water partition coefficient (Wildman–Crippen LogP) is 5.88. The standard InChI is InChI=1S/C27H28N4OS/c1-4-20-10-12-21(13-11-20)31-26(25(29-27(31)33)24-9-5-6-14-28-24)23-16-18(2)30(19(23)3)17-22-8-7-15-32-22/h5-16,25-26H,4,17H2,1-3H3,(H,29,33)/t25-,26-/m1/s1. The van der Waals surface area contributed by atoms with E-state index in [9.17, 15) is 0 Å². The van der Waals surface area contributed by atoms with Crippen LogP contribution < -0.4 is 10.2 Å². The minimum atomic E-state index is -0.0536. The lowest BCUT2D eigenvalue weighted by molar-refractivity contribution is 0.488. The summed E-state index contributed by atoms with van der Waals surface area (Å²) in [5.74, 6) is 0.941. The zero-order valence-corrected chi connectivity index (χ0v) is 20.0. The van der Waals surface area contributed by atoms with Gasteiger partial charge in [-0.1, -0.05) is 25.1 Å². The van der Waals surface area contributed by atoms with Crippen LogP contribution in [0.3, 0.4) is 0 Å². The molecule has 6 heteroatoms. The smallest absolute Gasteiger partial charge is 0.174 e. The number of rotatable bonds is 6. The molecule has 1 fully saturated rings. The molecule has 1 aliphatic rings. The van der Waals surface area contributed by atoms with Crippen molar-refractivity contribution in [2.24, 2.45) is 0 Å². The second-order valence-electron chi connectivity index (χ2n) is 8.51. The average molecular weight is 457 g/mol. The maximum Gasteiger partial charge on any atom is 0.174 e. The fourth-order valence-electron chi connectivity index (χ4n) is 4.77. The van der Waals surface area contributed by atoms with Crippen LogP contribution in [0.5, 0.6) is 0 Å². The number of hydrogen-bond acceptors (Lipinski definition) is 3. The molecule has 2 atom stereocenters. The van der Waals surface area contributed by atoms with E-state index in [0.29, 0.717) is 6.54 Å². The first-order chi connectivity index (χ1) is 16.1. The predicted molar refractivity (Wildman–Crippen MR) is 135 cm³/mol. The maximum absolute atomic E-state index is 5.88. The van der Waals surface area contributed by atoms with Gasteiger partial charge in [0.25, 0.3) is 0 Å². The van der Waals surface area contributed by atoms with Crippen LogP contribution >= 0.6 is 12.2 Å². The maximum atomic E-state index is 5.88. The molecular formula is C27H28N4OS. The van der Waals surface area contributed by atoms with E-state index in [0.717, 1.165) is 28.7 Å². The minimum absolute atomic E-state index is 0.0172. The van der Waals surface area contributed by atoms with Gasteiger partial charge in [0.05, 0.1) is 30.6 Å². The van der Waals surface area contributed by atoms with Crippen LogP contribution in [0.4, 0.5) is 5.69 Å². The number of benzene rings is 1. The third-order valence-electron chi connectivity index (χ3n) is 6.55. The number of aromatic nitrogens is 2. The molecule has 5 nitrogen and oxygen atoms in total. The van der Waals surface area contributed by atoms with Crippen LogP contribution in [0.2, 0.25) is 0 Å². The van der Waals surface area contributed by atoms with E-state index in [2.05, 4.69) is 76.9 Å². The lowest BCUT2D eigenvalue weighted by atomic mass is 9.96. The fourth-order valence-corrected chi connectivity index (χ4v) is 5.12. The Bertz CT molecular complexity index is 1250. The van der Waals surface area contributed by atoms with E-state index in [1.54, 1.807) is 6.26 Å². The molecule has 0 amide bonds. The molecule has 4 heterocycles. The summed E-state index contributed by atoms with van der Waals surface area (Å²) in [5, 5.41) is 4.28. The second-order valence-corrected chi connectivity index (χ2v) is 8.90. The van der Waals surface area contributed by atoms with Crippen LogP contribution in [0.1, 0.15) is 53.0 Å². The molecule has 4 aromatic rings. The third-order valence-corrected chi connectivity index (χ3v) is 6.86. The molecule has 1 N–H and O–H groups in total. The Morgan fingerprint density at radius 3 is 2.55 bits per heavy atom. The SMILES string of the molecule is CCc1ccc(N2C(=S)N[C@H](c3ccccn3)[C@H]2c2cc(C)n(Cc3ccco3)c2C)cc1. The summed E-state index contributed by atoms with van der Waals surface area (Å²) >= 11 is 5.88. The Labute approximate surface area is 200 Å². The molecule has 1 saturated heterocycles. The van der Waals surface area contributed by atoms with Gasteiger partial charge >= 0.3 is 0 Å². The summed E-state index contributed by atoms with van der Waals surface area (Å²) in [6.45, 7) is 7.20. The van der Waals surface area contributed by atoms with Gasteiger partial charge < -0.3 is 19.2 Å². The van der Waals surface area contributed by atoms with E-state index in [1.165, 1.54) is 22.5 Å². The first-order valence-electron chi connectivity index (χ1n) is 11.4. The molecule has 0 unspecified atom stereocenters. The molecule has 1 aliphatic heterocycles. The quantitative estimate of drug-likeness (QED) is 0.367. The Hall–Kier alpha value is -3.38. The summed E-state index contributed by atoms with van der Waals surface area (Å²) in [4.78, 5) is 6.92. The highest BCUT2D eigenvalue weighted by atomic mass is 32.1. The number of pyridine rings is 1. The number of aryl methyl sites for hydroxylation is 2. The zero-order chi connectivity index (χ0) is 22.9. The van der Waals surface area contributed by atoms with Crippen LogP contribution in [0, 0.1) is 13.8 Å². The summed E-state index contributed by atoms with van der Waals surface area (Å²) in [7, 11) is 0. The fraction of sp³-hybridized carbons (Fsp3) is 0.259. The van der Waals surface area contributed by atoms with Gasteiger partial charge in [-0.2, -0.15) is 0 Å². The number of thiocarbonyl (C=S) groups is 1. The first-order valence-corrected chi connectivity index (χ1v) is 11.8. The van der Waals surface area contributed by atoms with Crippen molar-refractivity contribution in [3.63, 3.8) is 0 Å². The van der Waals surface area contributed by atoms with Crippen molar-refractivity contribution in [2.45, 2.75) is 45.8 Å². The molecule has 33 heavy (non-hydrogen) atoms. The largest absolute Gasteiger partial charge is 0.467 e. The van der Waals surface area contributed by atoms with Crippen LogP contribution in [0.15, 0.2) is 77.5 Å². The number of nitrogens with one attached hydrogen (secondary N) is 1. The summed E-state index contributed by atoms with van der Waals surface area (Å²) < 4.78 is 7.94. The monoisotopic (exact) mass is 456 g/mol. The Balaban J connectivity index is 1.61. The Kier molecular flexibility index (Phi) is 5.77. The number of anilines is 1. The highest BCUT2D eigenvalue weighted by molar-refractivity contribution is 7.80. The van der Waals surface area contributed by atoms with Gasteiger partial charge in [-0.05, 0) is 86.1 Å². The number of nitrogens with zero attached hydrogens (tertiary/aromatic N) is 3. The van der Waals surface area contributed by atoms with E-state index < -0.39 is 0 Å². The first kappa shape index (κ1) is 21.5. The van der Waals surface area contributed by atoms with E-state index >= 15 is 0 Å². The van der Waals surface area contributed by atoms with Gasteiger partial charge in [0.15, 0.2) is 5.11 Å². The lowest BCUT2D eigenvalue weighted by Gasteiger charge is -2.28. The number of hydrogen-bond donors (Lipinski definition) is 1. The zero-order valence-electron chi connectivity index (χ0n) is 19.2. The average Bonchev–Trinajstić information content (AvgIpc) is 3.54.